The van der Waals surface area contributed by atoms with Crippen LogP contribution in [-0.4, -0.2) is 45.2 Å². The second-order valence-corrected chi connectivity index (χ2v) is 9.73. The lowest BCUT2D eigenvalue weighted by Crippen LogP contribution is -2.49. The molecule has 3 aromatic heterocycles. The van der Waals surface area contributed by atoms with E-state index >= 15 is 0 Å². The van der Waals surface area contributed by atoms with Crippen LogP contribution in [0, 0.1) is 20.8 Å². The molecule has 0 aliphatic carbocycles. The maximum absolute atomic E-state index is 13.9. The van der Waals surface area contributed by atoms with Crippen LogP contribution in [0.3, 0.4) is 0 Å². The van der Waals surface area contributed by atoms with E-state index in [-0.39, 0.29) is 11.9 Å². The first-order valence-electron chi connectivity index (χ1n) is 11.2. The number of nitrogens with one attached hydrogen (secondary N) is 1. The number of aryl methyl sites for hydroxylation is 3. The zero-order valence-electron chi connectivity index (χ0n) is 19.0. The number of anilines is 1. The highest BCUT2D eigenvalue weighted by atomic mass is 32.1. The standard InChI is InChI=1S/C25H26N6OS/c1-15-11-16(2)22-18(12-15)8-10-27-23(22)31(20-5-4-9-26-14-20)25(32)21-7-6-19(13-28-21)24-30-29-17(3)33-24/h6-8,10-13,20,26H,4-5,9,14H2,1-3H3. The summed E-state index contributed by atoms with van der Waals surface area (Å²) < 4.78 is 0. The Balaban J connectivity index is 1.58. The number of nitrogens with zero attached hydrogens (tertiary/aromatic N) is 5. The summed E-state index contributed by atoms with van der Waals surface area (Å²) in [5, 5.41) is 15.5. The topological polar surface area (TPSA) is 83.9 Å². The van der Waals surface area contributed by atoms with E-state index in [9.17, 15) is 4.79 Å². The third-order valence-electron chi connectivity index (χ3n) is 6.02. The van der Waals surface area contributed by atoms with Gasteiger partial charge in [0.25, 0.3) is 5.91 Å². The minimum Gasteiger partial charge on any atom is -0.315 e. The monoisotopic (exact) mass is 458 g/mol. The molecule has 1 aliphatic heterocycles. The zero-order valence-corrected chi connectivity index (χ0v) is 19.8. The highest BCUT2D eigenvalue weighted by Gasteiger charge is 2.31. The first-order chi connectivity index (χ1) is 16.0. The predicted octanol–water partition coefficient (Wildman–Crippen LogP) is 4.47. The molecule has 1 atom stereocenters. The molecule has 0 bridgehead atoms. The van der Waals surface area contributed by atoms with Crippen LogP contribution in [0.1, 0.15) is 39.5 Å². The van der Waals surface area contributed by atoms with Gasteiger partial charge in [0, 0.05) is 29.9 Å². The van der Waals surface area contributed by atoms with Crippen molar-refractivity contribution in [1.82, 2.24) is 25.5 Å². The number of fused-ring (bicyclic) bond motifs is 1. The van der Waals surface area contributed by atoms with Gasteiger partial charge in [-0.3, -0.25) is 14.7 Å². The fourth-order valence-electron chi connectivity index (χ4n) is 4.54. The molecular weight excluding hydrogens is 432 g/mol. The fourth-order valence-corrected chi connectivity index (χ4v) is 5.23. The van der Waals surface area contributed by atoms with Crippen molar-refractivity contribution in [2.75, 3.05) is 18.0 Å². The SMILES string of the molecule is Cc1cc(C)c2c(N(C(=O)c3ccc(-c4nnc(C)s4)cn3)C3CCCNC3)nccc2c1. The normalized spacial score (nSPS) is 16.2. The van der Waals surface area contributed by atoms with E-state index in [0.717, 1.165) is 57.8 Å². The average molecular weight is 459 g/mol. The molecule has 4 heterocycles. The molecular formula is C25H26N6OS. The van der Waals surface area contributed by atoms with Crippen molar-refractivity contribution in [2.24, 2.45) is 0 Å². The molecule has 1 N–H and O–H groups in total. The van der Waals surface area contributed by atoms with Gasteiger partial charge in [0.1, 0.15) is 21.5 Å². The lowest BCUT2D eigenvalue weighted by Gasteiger charge is -2.34. The van der Waals surface area contributed by atoms with Gasteiger partial charge < -0.3 is 5.32 Å². The molecule has 5 rings (SSSR count). The van der Waals surface area contributed by atoms with E-state index in [1.165, 1.54) is 16.9 Å². The molecule has 0 spiro atoms. The number of pyridine rings is 2. The summed E-state index contributed by atoms with van der Waals surface area (Å²) in [5.41, 5.74) is 3.56. The van der Waals surface area contributed by atoms with Crippen LogP contribution >= 0.6 is 11.3 Å². The van der Waals surface area contributed by atoms with Crippen molar-refractivity contribution < 1.29 is 4.79 Å². The van der Waals surface area contributed by atoms with Gasteiger partial charge in [0.2, 0.25) is 0 Å². The molecule has 0 radical (unpaired) electrons. The molecule has 1 aromatic carbocycles. The Morgan fingerprint density at radius 2 is 2.00 bits per heavy atom. The highest BCUT2D eigenvalue weighted by molar-refractivity contribution is 7.14. The third kappa shape index (κ3) is 4.24. The van der Waals surface area contributed by atoms with Crippen molar-refractivity contribution in [3.63, 3.8) is 0 Å². The molecule has 7 nitrogen and oxygen atoms in total. The Morgan fingerprint density at radius 1 is 1.12 bits per heavy atom. The average Bonchev–Trinajstić information content (AvgIpc) is 3.26. The Labute approximate surface area is 196 Å². The molecule has 1 unspecified atom stereocenters. The van der Waals surface area contributed by atoms with Crippen LogP contribution in [0.2, 0.25) is 0 Å². The number of hydrogen-bond acceptors (Lipinski definition) is 7. The van der Waals surface area contributed by atoms with Crippen LogP contribution in [0.25, 0.3) is 21.3 Å². The van der Waals surface area contributed by atoms with E-state index in [1.807, 2.05) is 24.0 Å². The second kappa shape index (κ2) is 8.96. The van der Waals surface area contributed by atoms with Gasteiger partial charge in [0.15, 0.2) is 0 Å². The van der Waals surface area contributed by atoms with Crippen molar-refractivity contribution >= 4 is 33.8 Å². The summed E-state index contributed by atoms with van der Waals surface area (Å²) in [6.45, 7) is 7.79. The Morgan fingerprint density at radius 3 is 2.70 bits per heavy atom. The van der Waals surface area contributed by atoms with Gasteiger partial charge in [-0.15, -0.1) is 10.2 Å². The summed E-state index contributed by atoms with van der Waals surface area (Å²) in [4.78, 5) is 25.0. The van der Waals surface area contributed by atoms with Crippen LogP contribution in [0.5, 0.6) is 0 Å². The van der Waals surface area contributed by atoms with Crippen molar-refractivity contribution in [2.45, 2.75) is 39.7 Å². The van der Waals surface area contributed by atoms with Crippen LogP contribution in [0.4, 0.5) is 5.82 Å². The summed E-state index contributed by atoms with van der Waals surface area (Å²) in [6, 6.07) is 9.98. The maximum atomic E-state index is 13.9. The molecule has 1 amide bonds. The summed E-state index contributed by atoms with van der Waals surface area (Å²) in [6.07, 6.45) is 5.43. The molecule has 0 saturated carbocycles. The van der Waals surface area contributed by atoms with Crippen molar-refractivity contribution in [3.05, 3.63) is 64.6 Å². The Kier molecular flexibility index (Phi) is 5.86. The molecule has 8 heteroatoms. The van der Waals surface area contributed by atoms with Crippen LogP contribution in [-0.2, 0) is 0 Å². The molecule has 33 heavy (non-hydrogen) atoms. The van der Waals surface area contributed by atoms with E-state index in [4.69, 9.17) is 4.98 Å². The minimum absolute atomic E-state index is 0.0114. The fraction of sp³-hybridized carbons (Fsp3) is 0.320. The highest BCUT2D eigenvalue weighted by Crippen LogP contribution is 2.32. The number of hydrogen-bond donors (Lipinski definition) is 1. The van der Waals surface area contributed by atoms with Crippen molar-refractivity contribution in [3.8, 4) is 10.6 Å². The van der Waals surface area contributed by atoms with Gasteiger partial charge in [-0.25, -0.2) is 4.98 Å². The minimum atomic E-state index is -0.135. The molecule has 4 aromatic rings. The van der Waals surface area contributed by atoms with E-state index in [0.29, 0.717) is 11.5 Å². The van der Waals surface area contributed by atoms with E-state index in [2.05, 4.69) is 46.5 Å². The number of carbonyl (C=O) groups excluding carboxylic acids is 1. The lowest BCUT2D eigenvalue weighted by molar-refractivity contribution is 0.0967. The first-order valence-corrected chi connectivity index (χ1v) is 12.0. The van der Waals surface area contributed by atoms with Crippen LogP contribution in [0.15, 0.2) is 42.7 Å². The summed E-state index contributed by atoms with van der Waals surface area (Å²) >= 11 is 1.51. The predicted molar refractivity (Wildman–Crippen MR) is 132 cm³/mol. The number of rotatable bonds is 4. The quantitative estimate of drug-likeness (QED) is 0.486. The van der Waals surface area contributed by atoms with Gasteiger partial charge in [0.05, 0.1) is 6.04 Å². The maximum Gasteiger partial charge on any atom is 0.278 e. The largest absolute Gasteiger partial charge is 0.315 e. The first kappa shape index (κ1) is 21.6. The molecule has 168 valence electrons. The molecule has 1 saturated heterocycles. The number of benzene rings is 1. The van der Waals surface area contributed by atoms with Gasteiger partial charge in [-0.2, -0.15) is 0 Å². The van der Waals surface area contributed by atoms with E-state index in [1.54, 1.807) is 18.5 Å². The number of aromatic nitrogens is 4. The van der Waals surface area contributed by atoms with Gasteiger partial charge in [-0.1, -0.05) is 29.0 Å². The smallest absolute Gasteiger partial charge is 0.278 e. The number of carbonyl (C=O) groups is 1. The van der Waals surface area contributed by atoms with Gasteiger partial charge in [-0.05, 0) is 69.3 Å². The van der Waals surface area contributed by atoms with E-state index < -0.39 is 0 Å². The zero-order chi connectivity index (χ0) is 22.9. The lowest BCUT2D eigenvalue weighted by atomic mass is 10.0. The number of piperidine rings is 1. The second-order valence-electron chi connectivity index (χ2n) is 8.55. The number of amides is 1. The summed E-state index contributed by atoms with van der Waals surface area (Å²) in [5.74, 6) is 0.568. The summed E-state index contributed by atoms with van der Waals surface area (Å²) in [7, 11) is 0. The third-order valence-corrected chi connectivity index (χ3v) is 6.91. The van der Waals surface area contributed by atoms with Crippen molar-refractivity contribution in [1.29, 1.82) is 0 Å². The Hall–Kier alpha value is -3.23. The van der Waals surface area contributed by atoms with Crippen LogP contribution < -0.4 is 10.2 Å². The molecule has 1 fully saturated rings. The van der Waals surface area contributed by atoms with Gasteiger partial charge >= 0.3 is 0 Å². The molecule has 1 aliphatic rings. The Bertz CT molecular complexity index is 1310.